The molecule has 1 aromatic heterocycles. The van der Waals surface area contributed by atoms with Crippen LogP contribution in [0.25, 0.3) is 0 Å². The van der Waals surface area contributed by atoms with E-state index in [-0.39, 0.29) is 12.2 Å². The number of hydrogen-bond acceptors (Lipinski definition) is 4. The number of rotatable bonds is 2. The Morgan fingerprint density at radius 3 is 3.06 bits per heavy atom. The molecule has 5 heteroatoms. The Balaban J connectivity index is 1.81. The Bertz CT molecular complexity index is 397. The highest BCUT2D eigenvalue weighted by Crippen LogP contribution is 2.34. The van der Waals surface area contributed by atoms with Crippen molar-refractivity contribution in [3.05, 3.63) is 11.3 Å². The maximum Gasteiger partial charge on any atom is 0.154 e. The van der Waals surface area contributed by atoms with Crippen LogP contribution in [0.3, 0.4) is 0 Å². The van der Waals surface area contributed by atoms with Crippen molar-refractivity contribution < 1.29 is 4.74 Å². The van der Waals surface area contributed by atoms with Crippen LogP contribution in [-0.2, 0) is 11.2 Å². The second-order valence-corrected chi connectivity index (χ2v) is 5.09. The van der Waals surface area contributed by atoms with Gasteiger partial charge in [0.05, 0.1) is 12.2 Å². The second kappa shape index (κ2) is 4.31. The van der Waals surface area contributed by atoms with Crippen molar-refractivity contribution in [2.24, 2.45) is 0 Å². The Morgan fingerprint density at radius 1 is 1.41 bits per heavy atom. The van der Waals surface area contributed by atoms with Crippen LogP contribution >= 0.6 is 0 Å². The lowest BCUT2D eigenvalue weighted by Crippen LogP contribution is -2.25. The molecule has 0 saturated carbocycles. The molecule has 3 unspecified atom stereocenters. The van der Waals surface area contributed by atoms with Gasteiger partial charge >= 0.3 is 0 Å². The molecule has 1 fully saturated rings. The molecular weight excluding hydrogens is 216 g/mol. The first-order valence-electron chi connectivity index (χ1n) is 6.44. The van der Waals surface area contributed by atoms with Gasteiger partial charge in [-0.3, -0.25) is 5.10 Å². The number of ether oxygens (including phenoxy) is 1. The Morgan fingerprint density at radius 2 is 2.29 bits per heavy atom. The zero-order valence-electron chi connectivity index (χ0n) is 10.4. The molecule has 0 spiro atoms. The van der Waals surface area contributed by atoms with E-state index < -0.39 is 0 Å². The normalized spacial score (nSPS) is 32.5. The predicted octanol–water partition coefficient (Wildman–Crippen LogP) is 1.21. The van der Waals surface area contributed by atoms with Gasteiger partial charge in [0, 0.05) is 30.3 Å². The molecule has 3 rings (SSSR count). The third-order valence-corrected chi connectivity index (χ3v) is 3.62. The first-order valence-corrected chi connectivity index (χ1v) is 6.44. The number of aromatic amines is 1. The van der Waals surface area contributed by atoms with Crippen LogP contribution in [-0.4, -0.2) is 35.4 Å². The molecule has 2 aliphatic heterocycles. The van der Waals surface area contributed by atoms with Gasteiger partial charge < -0.3 is 15.4 Å². The third kappa shape index (κ3) is 2.05. The lowest BCUT2D eigenvalue weighted by atomic mass is 10.0. The molecule has 3 N–H and O–H groups in total. The fourth-order valence-electron chi connectivity index (χ4n) is 2.81. The summed E-state index contributed by atoms with van der Waals surface area (Å²) in [7, 11) is 0. The quantitative estimate of drug-likeness (QED) is 0.722. The van der Waals surface area contributed by atoms with Gasteiger partial charge in [-0.2, -0.15) is 5.10 Å². The molecule has 1 aromatic rings. The lowest BCUT2D eigenvalue weighted by Gasteiger charge is -2.26. The molecule has 0 aliphatic carbocycles. The van der Waals surface area contributed by atoms with Gasteiger partial charge in [-0.1, -0.05) is 0 Å². The molecule has 3 heterocycles. The predicted molar refractivity (Wildman–Crippen MR) is 66.2 cm³/mol. The second-order valence-electron chi connectivity index (χ2n) is 5.09. The summed E-state index contributed by atoms with van der Waals surface area (Å²) in [6.07, 6.45) is 2.49. The highest BCUT2D eigenvalue weighted by molar-refractivity contribution is 5.49. The average molecular weight is 236 g/mol. The summed E-state index contributed by atoms with van der Waals surface area (Å²) >= 11 is 0. The Hall–Kier alpha value is -1.07. The number of nitrogens with one attached hydrogen (secondary N) is 3. The summed E-state index contributed by atoms with van der Waals surface area (Å²) in [4.78, 5) is 0. The summed E-state index contributed by atoms with van der Waals surface area (Å²) in [5.41, 5.74) is 2.44. The van der Waals surface area contributed by atoms with Crippen molar-refractivity contribution in [3.8, 4) is 0 Å². The van der Waals surface area contributed by atoms with E-state index >= 15 is 0 Å². The first-order chi connectivity index (χ1) is 8.24. The molecule has 1 saturated heterocycles. The highest BCUT2D eigenvalue weighted by atomic mass is 16.5. The van der Waals surface area contributed by atoms with Gasteiger partial charge in [0.15, 0.2) is 5.82 Å². The largest absolute Gasteiger partial charge is 0.370 e. The standard InChI is InChI=1S/C12H20N4O/c1-7-5-10-11(8(2)17-7)12(16-15-10)14-9-3-4-13-6-9/h7-9,13H,3-6H2,1-2H3,(H2,14,15,16). The number of hydrogen-bond donors (Lipinski definition) is 3. The highest BCUT2D eigenvalue weighted by Gasteiger charge is 2.28. The number of H-pyrrole nitrogens is 1. The number of nitrogens with zero attached hydrogens (tertiary/aromatic N) is 1. The van der Waals surface area contributed by atoms with Gasteiger partial charge in [-0.05, 0) is 26.8 Å². The van der Waals surface area contributed by atoms with Crippen LogP contribution in [0.5, 0.6) is 0 Å². The van der Waals surface area contributed by atoms with Crippen LogP contribution in [0.15, 0.2) is 0 Å². The molecule has 5 nitrogen and oxygen atoms in total. The van der Waals surface area contributed by atoms with Gasteiger partial charge in [0.25, 0.3) is 0 Å². The minimum absolute atomic E-state index is 0.129. The van der Waals surface area contributed by atoms with E-state index in [1.165, 1.54) is 11.3 Å². The van der Waals surface area contributed by atoms with Crippen molar-refractivity contribution in [2.45, 2.75) is 44.9 Å². The van der Waals surface area contributed by atoms with E-state index in [0.717, 1.165) is 31.7 Å². The maximum absolute atomic E-state index is 5.86. The minimum atomic E-state index is 0.129. The first kappa shape index (κ1) is 11.0. The number of fused-ring (bicyclic) bond motifs is 1. The molecular formula is C12H20N4O. The van der Waals surface area contributed by atoms with E-state index in [1.807, 2.05) is 0 Å². The van der Waals surface area contributed by atoms with E-state index in [9.17, 15) is 0 Å². The van der Waals surface area contributed by atoms with Gasteiger partial charge in [0.2, 0.25) is 0 Å². The van der Waals surface area contributed by atoms with Crippen LogP contribution in [0.2, 0.25) is 0 Å². The van der Waals surface area contributed by atoms with Crippen molar-refractivity contribution in [2.75, 3.05) is 18.4 Å². The lowest BCUT2D eigenvalue weighted by molar-refractivity contribution is -0.00479. The maximum atomic E-state index is 5.86. The van der Waals surface area contributed by atoms with Crippen molar-refractivity contribution >= 4 is 5.82 Å². The van der Waals surface area contributed by atoms with Gasteiger partial charge in [0.1, 0.15) is 0 Å². The average Bonchev–Trinajstić information content (AvgIpc) is 2.88. The van der Waals surface area contributed by atoms with Crippen molar-refractivity contribution in [1.82, 2.24) is 15.5 Å². The van der Waals surface area contributed by atoms with Crippen LogP contribution in [0, 0.1) is 0 Å². The van der Waals surface area contributed by atoms with E-state index in [4.69, 9.17) is 4.74 Å². The molecule has 0 aromatic carbocycles. The molecule has 3 atom stereocenters. The summed E-state index contributed by atoms with van der Waals surface area (Å²) < 4.78 is 5.86. The van der Waals surface area contributed by atoms with Gasteiger partial charge in [-0.25, -0.2) is 0 Å². The molecule has 17 heavy (non-hydrogen) atoms. The molecule has 0 amide bonds. The van der Waals surface area contributed by atoms with Crippen molar-refractivity contribution in [3.63, 3.8) is 0 Å². The minimum Gasteiger partial charge on any atom is -0.370 e. The van der Waals surface area contributed by atoms with E-state index in [1.54, 1.807) is 0 Å². The van der Waals surface area contributed by atoms with Crippen LogP contribution in [0.1, 0.15) is 37.6 Å². The molecule has 0 radical (unpaired) electrons. The fraction of sp³-hybridized carbons (Fsp3) is 0.750. The smallest absolute Gasteiger partial charge is 0.154 e. The topological polar surface area (TPSA) is 62.0 Å². The number of aromatic nitrogens is 2. The van der Waals surface area contributed by atoms with E-state index in [0.29, 0.717) is 6.04 Å². The zero-order chi connectivity index (χ0) is 11.8. The fourth-order valence-corrected chi connectivity index (χ4v) is 2.81. The van der Waals surface area contributed by atoms with Crippen LogP contribution < -0.4 is 10.6 Å². The van der Waals surface area contributed by atoms with Crippen molar-refractivity contribution in [1.29, 1.82) is 0 Å². The molecule has 2 aliphatic rings. The summed E-state index contributed by atoms with van der Waals surface area (Å²) in [5.74, 6) is 0.980. The summed E-state index contributed by atoms with van der Waals surface area (Å²) in [6, 6.07) is 0.494. The van der Waals surface area contributed by atoms with Crippen LogP contribution in [0.4, 0.5) is 5.82 Å². The van der Waals surface area contributed by atoms with E-state index in [2.05, 4.69) is 34.7 Å². The Labute approximate surface area is 101 Å². The number of anilines is 1. The van der Waals surface area contributed by atoms with Gasteiger partial charge in [-0.15, -0.1) is 0 Å². The summed E-state index contributed by atoms with van der Waals surface area (Å²) in [5, 5.41) is 14.4. The Kier molecular flexibility index (Phi) is 2.80. The molecule has 0 bridgehead atoms. The third-order valence-electron chi connectivity index (χ3n) is 3.62. The molecule has 94 valence electrons. The summed E-state index contributed by atoms with van der Waals surface area (Å²) in [6.45, 7) is 6.32. The monoisotopic (exact) mass is 236 g/mol. The zero-order valence-corrected chi connectivity index (χ0v) is 10.4. The SMILES string of the molecule is CC1Cc2[nH]nc(NC3CCNC3)c2C(C)O1.